The number of methoxy groups -OCH3 is 1. The minimum Gasteiger partial charge on any atom is -0.385 e. The molecule has 0 atom stereocenters. The van der Waals surface area contributed by atoms with Crippen LogP contribution in [0.2, 0.25) is 0 Å². The maximum absolute atomic E-state index is 5.52. The third kappa shape index (κ3) is 9.92. The van der Waals surface area contributed by atoms with Gasteiger partial charge in [0.25, 0.3) is 0 Å². The fourth-order valence-corrected chi connectivity index (χ4v) is 0.727. The highest BCUT2D eigenvalue weighted by Crippen LogP contribution is 2.07. The van der Waals surface area contributed by atoms with Crippen LogP contribution in [0.25, 0.3) is 0 Å². The van der Waals surface area contributed by atoms with E-state index in [1.54, 1.807) is 7.11 Å². The smallest absolute Gasteiger partial charge is 0.0598 e. The van der Waals surface area contributed by atoms with Crippen LogP contribution in [0.5, 0.6) is 0 Å². The van der Waals surface area contributed by atoms with Gasteiger partial charge >= 0.3 is 0 Å². The zero-order valence-electron chi connectivity index (χ0n) is 8.14. The molecule has 0 saturated carbocycles. The van der Waals surface area contributed by atoms with Gasteiger partial charge in [-0.05, 0) is 33.6 Å². The summed E-state index contributed by atoms with van der Waals surface area (Å²) in [4.78, 5) is 0. The van der Waals surface area contributed by atoms with Crippen molar-refractivity contribution in [1.29, 1.82) is 0 Å². The third-order valence-electron chi connectivity index (χ3n) is 1.28. The second kappa shape index (κ2) is 5.56. The van der Waals surface area contributed by atoms with E-state index in [4.69, 9.17) is 9.47 Å². The van der Waals surface area contributed by atoms with Crippen molar-refractivity contribution in [2.45, 2.75) is 39.2 Å². The Morgan fingerprint density at radius 3 is 2.00 bits per heavy atom. The largest absolute Gasteiger partial charge is 0.385 e. The maximum Gasteiger partial charge on any atom is 0.0598 e. The first-order valence-electron chi connectivity index (χ1n) is 4.19. The van der Waals surface area contributed by atoms with Crippen molar-refractivity contribution >= 4 is 0 Å². The van der Waals surface area contributed by atoms with Gasteiger partial charge in [0.2, 0.25) is 0 Å². The van der Waals surface area contributed by atoms with Gasteiger partial charge in [-0.2, -0.15) is 0 Å². The molecule has 0 aliphatic rings. The normalized spacial score (nSPS) is 12.0. The Morgan fingerprint density at radius 2 is 1.55 bits per heavy atom. The van der Waals surface area contributed by atoms with Gasteiger partial charge in [-0.15, -0.1) is 0 Å². The fourth-order valence-electron chi connectivity index (χ4n) is 0.727. The van der Waals surface area contributed by atoms with Gasteiger partial charge in [0.15, 0.2) is 0 Å². The van der Waals surface area contributed by atoms with Crippen molar-refractivity contribution in [3.63, 3.8) is 0 Å². The van der Waals surface area contributed by atoms with Gasteiger partial charge in [0.1, 0.15) is 0 Å². The lowest BCUT2D eigenvalue weighted by Gasteiger charge is -2.19. The molecule has 0 aromatic carbocycles. The molecule has 0 aliphatic heterocycles. The Hall–Kier alpha value is -0.0800. The summed E-state index contributed by atoms with van der Waals surface area (Å²) in [6.07, 6.45) is 2.18. The van der Waals surface area contributed by atoms with E-state index in [9.17, 15) is 0 Å². The van der Waals surface area contributed by atoms with Gasteiger partial charge in [-0.1, -0.05) is 0 Å². The van der Waals surface area contributed by atoms with E-state index < -0.39 is 0 Å². The van der Waals surface area contributed by atoms with Crippen molar-refractivity contribution in [3.05, 3.63) is 0 Å². The van der Waals surface area contributed by atoms with Crippen LogP contribution in [-0.2, 0) is 9.47 Å². The lowest BCUT2D eigenvalue weighted by Crippen LogP contribution is -2.19. The summed E-state index contributed by atoms with van der Waals surface area (Å²) in [5.74, 6) is 0. The molecule has 0 radical (unpaired) electrons. The van der Waals surface area contributed by atoms with Crippen LogP contribution in [0.4, 0.5) is 0 Å². The van der Waals surface area contributed by atoms with Gasteiger partial charge in [-0.3, -0.25) is 0 Å². The standard InChI is InChI=1S/C9H20O2/c1-9(2,3)11-8-6-5-7-10-4/h5-8H2,1-4H3. The average Bonchev–Trinajstić information content (AvgIpc) is 1.85. The molecule has 11 heavy (non-hydrogen) atoms. The summed E-state index contributed by atoms with van der Waals surface area (Å²) in [6, 6.07) is 0. The fraction of sp³-hybridized carbons (Fsp3) is 1.00. The van der Waals surface area contributed by atoms with E-state index in [-0.39, 0.29) is 5.60 Å². The van der Waals surface area contributed by atoms with E-state index in [1.807, 2.05) is 0 Å². The lowest BCUT2D eigenvalue weighted by atomic mass is 10.2. The van der Waals surface area contributed by atoms with Crippen LogP contribution in [0, 0.1) is 0 Å². The van der Waals surface area contributed by atoms with Crippen LogP contribution in [0.15, 0.2) is 0 Å². The molecule has 2 heteroatoms. The first kappa shape index (κ1) is 10.9. The Morgan fingerprint density at radius 1 is 1.00 bits per heavy atom. The van der Waals surface area contributed by atoms with Crippen molar-refractivity contribution < 1.29 is 9.47 Å². The number of rotatable bonds is 5. The van der Waals surface area contributed by atoms with Gasteiger partial charge < -0.3 is 9.47 Å². The van der Waals surface area contributed by atoms with Crippen molar-refractivity contribution in [1.82, 2.24) is 0 Å². The Balaban J connectivity index is 3.02. The topological polar surface area (TPSA) is 18.5 Å². The summed E-state index contributed by atoms with van der Waals surface area (Å²) in [6.45, 7) is 7.90. The van der Waals surface area contributed by atoms with E-state index in [2.05, 4.69) is 20.8 Å². The summed E-state index contributed by atoms with van der Waals surface area (Å²) in [5, 5.41) is 0. The highest BCUT2D eigenvalue weighted by molar-refractivity contribution is 4.58. The number of hydrogen-bond acceptors (Lipinski definition) is 2. The molecule has 68 valence electrons. The van der Waals surface area contributed by atoms with Gasteiger partial charge in [0, 0.05) is 20.3 Å². The highest BCUT2D eigenvalue weighted by atomic mass is 16.5. The molecule has 0 aliphatic carbocycles. The van der Waals surface area contributed by atoms with Crippen LogP contribution in [-0.4, -0.2) is 25.9 Å². The Kier molecular flexibility index (Phi) is 5.51. The SMILES string of the molecule is COCCCCOC(C)(C)C. The van der Waals surface area contributed by atoms with Crippen molar-refractivity contribution in [2.24, 2.45) is 0 Å². The molecular weight excluding hydrogens is 140 g/mol. The van der Waals surface area contributed by atoms with E-state index in [0.29, 0.717) is 0 Å². The second-order valence-corrected chi connectivity index (χ2v) is 3.66. The summed E-state index contributed by atoms with van der Waals surface area (Å²) < 4.78 is 10.4. The van der Waals surface area contributed by atoms with Gasteiger partial charge in [0.05, 0.1) is 5.60 Å². The molecule has 0 rings (SSSR count). The van der Waals surface area contributed by atoms with E-state index in [1.165, 1.54) is 0 Å². The monoisotopic (exact) mass is 160 g/mol. The predicted molar refractivity (Wildman–Crippen MR) is 46.8 cm³/mol. The summed E-state index contributed by atoms with van der Waals surface area (Å²) in [7, 11) is 1.73. The molecule has 0 aromatic rings. The molecule has 0 bridgehead atoms. The number of ether oxygens (including phenoxy) is 2. The summed E-state index contributed by atoms with van der Waals surface area (Å²) >= 11 is 0. The zero-order chi connectivity index (χ0) is 8.74. The third-order valence-corrected chi connectivity index (χ3v) is 1.28. The maximum atomic E-state index is 5.52. The minimum atomic E-state index is 0.00702. The number of unbranched alkanes of at least 4 members (excludes halogenated alkanes) is 1. The molecule has 0 heterocycles. The quantitative estimate of drug-likeness (QED) is 0.574. The molecule has 0 spiro atoms. The Bertz CT molecular complexity index is 84.1. The molecule has 0 saturated heterocycles. The molecule has 0 N–H and O–H groups in total. The zero-order valence-corrected chi connectivity index (χ0v) is 8.14. The van der Waals surface area contributed by atoms with Crippen LogP contribution in [0.3, 0.4) is 0 Å². The molecule has 2 nitrogen and oxygen atoms in total. The minimum absolute atomic E-state index is 0.00702. The van der Waals surface area contributed by atoms with Crippen molar-refractivity contribution in [2.75, 3.05) is 20.3 Å². The van der Waals surface area contributed by atoms with Crippen LogP contribution >= 0.6 is 0 Å². The van der Waals surface area contributed by atoms with Gasteiger partial charge in [-0.25, -0.2) is 0 Å². The molecule has 0 fully saturated rings. The van der Waals surface area contributed by atoms with Crippen molar-refractivity contribution in [3.8, 4) is 0 Å². The molecule has 0 unspecified atom stereocenters. The van der Waals surface area contributed by atoms with E-state index in [0.717, 1.165) is 26.1 Å². The van der Waals surface area contributed by atoms with Crippen LogP contribution < -0.4 is 0 Å². The highest BCUT2D eigenvalue weighted by Gasteiger charge is 2.08. The average molecular weight is 160 g/mol. The summed E-state index contributed by atoms with van der Waals surface area (Å²) in [5.41, 5.74) is 0.00702. The van der Waals surface area contributed by atoms with E-state index >= 15 is 0 Å². The first-order chi connectivity index (χ1) is 5.06. The lowest BCUT2D eigenvalue weighted by molar-refractivity contribution is -0.00642. The Labute approximate surface area is 69.9 Å². The first-order valence-corrected chi connectivity index (χ1v) is 4.19. The number of hydrogen-bond donors (Lipinski definition) is 0. The molecule has 0 aromatic heterocycles. The predicted octanol–water partition coefficient (Wildman–Crippen LogP) is 2.23. The van der Waals surface area contributed by atoms with Crippen LogP contribution in [0.1, 0.15) is 33.6 Å². The second-order valence-electron chi connectivity index (χ2n) is 3.66. The molecular formula is C9H20O2. The molecule has 0 amide bonds.